The predicted molar refractivity (Wildman–Crippen MR) is 65.9 cm³/mol. The summed E-state index contributed by atoms with van der Waals surface area (Å²) in [6, 6.07) is 3.12. The maximum atomic E-state index is 9.24. The third-order valence-electron chi connectivity index (χ3n) is 4.49. The molecule has 1 saturated heterocycles. The number of hydrogen-bond donors (Lipinski definition) is 0. The lowest BCUT2D eigenvalue weighted by molar-refractivity contribution is 0.0772. The molecule has 0 spiro atoms. The van der Waals surface area contributed by atoms with Crippen molar-refractivity contribution in [1.29, 1.82) is 5.26 Å². The summed E-state index contributed by atoms with van der Waals surface area (Å²) < 4.78 is 0. The van der Waals surface area contributed by atoms with Crippen molar-refractivity contribution in [2.75, 3.05) is 13.1 Å². The number of likely N-dealkylation sites (tertiary alicyclic amines) is 1. The molecular weight excluding hydrogens is 196 g/mol. The Morgan fingerprint density at radius 3 is 2.75 bits per heavy atom. The zero-order valence-corrected chi connectivity index (χ0v) is 10.5. The SMILES string of the molecule is CCC1CCCN(C2CCCCC2C#N)C1. The lowest BCUT2D eigenvalue weighted by Crippen LogP contribution is -2.47. The van der Waals surface area contributed by atoms with Gasteiger partial charge in [-0.3, -0.25) is 4.90 Å². The van der Waals surface area contributed by atoms with Crippen molar-refractivity contribution in [2.24, 2.45) is 11.8 Å². The van der Waals surface area contributed by atoms with E-state index in [-0.39, 0.29) is 0 Å². The summed E-state index contributed by atoms with van der Waals surface area (Å²) >= 11 is 0. The second kappa shape index (κ2) is 5.68. The van der Waals surface area contributed by atoms with E-state index in [0.717, 1.165) is 12.3 Å². The van der Waals surface area contributed by atoms with Crippen molar-refractivity contribution in [3.05, 3.63) is 0 Å². The molecule has 1 saturated carbocycles. The molecule has 90 valence electrons. The fourth-order valence-corrected chi connectivity index (χ4v) is 3.43. The summed E-state index contributed by atoms with van der Waals surface area (Å²) in [5.41, 5.74) is 0. The molecular formula is C14H24N2. The highest BCUT2D eigenvalue weighted by molar-refractivity contribution is 4.96. The Labute approximate surface area is 99.6 Å². The van der Waals surface area contributed by atoms with Gasteiger partial charge in [0, 0.05) is 12.6 Å². The maximum Gasteiger partial charge on any atom is 0.0672 e. The molecule has 2 heteroatoms. The van der Waals surface area contributed by atoms with Crippen LogP contribution < -0.4 is 0 Å². The molecule has 1 heterocycles. The van der Waals surface area contributed by atoms with Crippen molar-refractivity contribution in [1.82, 2.24) is 4.90 Å². The molecule has 2 aliphatic rings. The van der Waals surface area contributed by atoms with E-state index in [2.05, 4.69) is 17.9 Å². The van der Waals surface area contributed by atoms with Gasteiger partial charge in [-0.2, -0.15) is 5.26 Å². The van der Waals surface area contributed by atoms with Crippen LogP contribution in [0.4, 0.5) is 0 Å². The van der Waals surface area contributed by atoms with Crippen molar-refractivity contribution >= 4 is 0 Å². The van der Waals surface area contributed by atoms with E-state index >= 15 is 0 Å². The molecule has 16 heavy (non-hydrogen) atoms. The molecule has 0 amide bonds. The van der Waals surface area contributed by atoms with Crippen molar-refractivity contribution in [2.45, 2.75) is 57.9 Å². The first-order valence-electron chi connectivity index (χ1n) is 6.98. The number of nitrogens with zero attached hydrogens (tertiary/aromatic N) is 2. The summed E-state index contributed by atoms with van der Waals surface area (Å²) in [5, 5.41) is 9.24. The zero-order valence-electron chi connectivity index (χ0n) is 10.5. The normalized spacial score (nSPS) is 36.9. The van der Waals surface area contributed by atoms with Gasteiger partial charge in [-0.25, -0.2) is 0 Å². The molecule has 0 aromatic carbocycles. The first-order valence-corrected chi connectivity index (χ1v) is 6.98. The highest BCUT2D eigenvalue weighted by atomic mass is 15.2. The Kier molecular flexibility index (Phi) is 4.23. The maximum absolute atomic E-state index is 9.24. The van der Waals surface area contributed by atoms with Crippen molar-refractivity contribution in [3.8, 4) is 6.07 Å². The molecule has 2 nitrogen and oxygen atoms in total. The summed E-state index contributed by atoms with van der Waals surface area (Å²) in [6.07, 6.45) is 9.03. The van der Waals surface area contributed by atoms with Crippen LogP contribution in [0.15, 0.2) is 0 Å². The Hall–Kier alpha value is -0.550. The highest BCUT2D eigenvalue weighted by Crippen LogP contribution is 2.31. The lowest BCUT2D eigenvalue weighted by Gasteiger charge is -2.41. The molecule has 1 aliphatic carbocycles. The minimum absolute atomic E-state index is 0.310. The fourth-order valence-electron chi connectivity index (χ4n) is 3.43. The summed E-state index contributed by atoms with van der Waals surface area (Å²) in [5.74, 6) is 1.19. The number of nitriles is 1. The Balaban J connectivity index is 1.96. The number of hydrogen-bond acceptors (Lipinski definition) is 2. The second-order valence-corrected chi connectivity index (χ2v) is 5.50. The van der Waals surface area contributed by atoms with E-state index in [1.54, 1.807) is 0 Å². The van der Waals surface area contributed by atoms with Crippen LogP contribution in [0.3, 0.4) is 0 Å². The minimum Gasteiger partial charge on any atom is -0.299 e. The van der Waals surface area contributed by atoms with E-state index in [0.29, 0.717) is 12.0 Å². The van der Waals surface area contributed by atoms with Crippen LogP contribution in [-0.2, 0) is 0 Å². The standard InChI is InChI=1S/C14H24N2/c1-2-12-6-5-9-16(11-12)14-8-4-3-7-13(14)10-15/h12-14H,2-9,11H2,1H3. The minimum atomic E-state index is 0.310. The van der Waals surface area contributed by atoms with E-state index in [1.165, 1.54) is 51.6 Å². The first-order chi connectivity index (χ1) is 7.85. The average Bonchev–Trinajstić information content (AvgIpc) is 2.38. The van der Waals surface area contributed by atoms with Gasteiger partial charge in [0.1, 0.15) is 0 Å². The summed E-state index contributed by atoms with van der Waals surface area (Å²) in [7, 11) is 0. The Bertz CT molecular complexity index is 256. The fraction of sp³-hybridized carbons (Fsp3) is 0.929. The molecule has 3 unspecified atom stereocenters. The van der Waals surface area contributed by atoms with Gasteiger partial charge < -0.3 is 0 Å². The van der Waals surface area contributed by atoms with Crippen LogP contribution in [-0.4, -0.2) is 24.0 Å². The third-order valence-corrected chi connectivity index (χ3v) is 4.49. The average molecular weight is 220 g/mol. The predicted octanol–water partition coefficient (Wildman–Crippen LogP) is 3.19. The molecule has 0 aromatic heterocycles. The molecule has 0 N–H and O–H groups in total. The van der Waals surface area contributed by atoms with E-state index < -0.39 is 0 Å². The molecule has 0 bridgehead atoms. The summed E-state index contributed by atoms with van der Waals surface area (Å²) in [4.78, 5) is 2.63. The van der Waals surface area contributed by atoms with Gasteiger partial charge in [-0.15, -0.1) is 0 Å². The van der Waals surface area contributed by atoms with Gasteiger partial charge >= 0.3 is 0 Å². The molecule has 3 atom stereocenters. The van der Waals surface area contributed by atoms with Gasteiger partial charge in [0.2, 0.25) is 0 Å². The van der Waals surface area contributed by atoms with Gasteiger partial charge in [0.05, 0.1) is 12.0 Å². The Morgan fingerprint density at radius 2 is 2.00 bits per heavy atom. The van der Waals surface area contributed by atoms with E-state index in [9.17, 15) is 5.26 Å². The van der Waals surface area contributed by atoms with Gasteiger partial charge in [0.25, 0.3) is 0 Å². The lowest BCUT2D eigenvalue weighted by atomic mass is 9.82. The zero-order chi connectivity index (χ0) is 11.4. The highest BCUT2D eigenvalue weighted by Gasteiger charge is 2.32. The van der Waals surface area contributed by atoms with Crippen LogP contribution in [0, 0.1) is 23.2 Å². The molecule has 0 radical (unpaired) electrons. The van der Waals surface area contributed by atoms with E-state index in [4.69, 9.17) is 0 Å². The largest absolute Gasteiger partial charge is 0.299 e. The topological polar surface area (TPSA) is 27.0 Å². The first kappa shape index (κ1) is 11.9. The van der Waals surface area contributed by atoms with Gasteiger partial charge in [-0.05, 0) is 38.1 Å². The smallest absolute Gasteiger partial charge is 0.0672 e. The van der Waals surface area contributed by atoms with Gasteiger partial charge in [0.15, 0.2) is 0 Å². The second-order valence-electron chi connectivity index (χ2n) is 5.50. The van der Waals surface area contributed by atoms with Gasteiger partial charge in [-0.1, -0.05) is 26.2 Å². The molecule has 1 aliphatic heterocycles. The quantitative estimate of drug-likeness (QED) is 0.714. The van der Waals surface area contributed by atoms with Crippen molar-refractivity contribution in [3.63, 3.8) is 0 Å². The molecule has 2 fully saturated rings. The van der Waals surface area contributed by atoms with Crippen LogP contribution >= 0.6 is 0 Å². The Morgan fingerprint density at radius 1 is 1.19 bits per heavy atom. The van der Waals surface area contributed by atoms with Crippen LogP contribution in [0.25, 0.3) is 0 Å². The summed E-state index contributed by atoms with van der Waals surface area (Å²) in [6.45, 7) is 4.79. The number of piperidine rings is 1. The third kappa shape index (κ3) is 2.58. The van der Waals surface area contributed by atoms with Crippen LogP contribution in [0.2, 0.25) is 0 Å². The molecule has 0 aromatic rings. The molecule has 2 rings (SSSR count). The number of rotatable bonds is 2. The van der Waals surface area contributed by atoms with Crippen LogP contribution in [0.5, 0.6) is 0 Å². The van der Waals surface area contributed by atoms with Crippen molar-refractivity contribution < 1.29 is 0 Å². The monoisotopic (exact) mass is 220 g/mol. The van der Waals surface area contributed by atoms with Crippen LogP contribution in [0.1, 0.15) is 51.9 Å². The van der Waals surface area contributed by atoms with E-state index in [1.807, 2.05) is 0 Å².